The molecule has 2 N–H and O–H groups in total. The highest BCUT2D eigenvalue weighted by Crippen LogP contribution is 2.35. The van der Waals surface area contributed by atoms with Crippen molar-refractivity contribution in [3.05, 3.63) is 0 Å². The summed E-state index contributed by atoms with van der Waals surface area (Å²) in [6, 6.07) is 0. The maximum Gasteiger partial charge on any atom is 0.469 e. The van der Waals surface area contributed by atoms with E-state index in [0.29, 0.717) is 13.0 Å². The highest BCUT2D eigenvalue weighted by molar-refractivity contribution is 7.46. The molecule has 6 nitrogen and oxygen atoms in total. The number of unbranched alkanes of at least 4 members (excludes halogenated alkanes) is 3. The van der Waals surface area contributed by atoms with Gasteiger partial charge in [-0.3, -0.25) is 4.52 Å². The van der Waals surface area contributed by atoms with Crippen LogP contribution in [-0.2, 0) is 18.6 Å². The minimum absolute atomic E-state index is 0.111. The fraction of sp³-hybridized carbons (Fsp3) is 1.00. The van der Waals surface area contributed by atoms with Crippen molar-refractivity contribution in [3.63, 3.8) is 0 Å². The Labute approximate surface area is 108 Å². The number of hydrogen-bond donors (Lipinski definition) is 2. The molecule has 0 spiro atoms. The minimum Gasteiger partial charge on any atom is -0.348 e. The second-order valence-corrected chi connectivity index (χ2v) is 6.22. The smallest absolute Gasteiger partial charge is 0.348 e. The lowest BCUT2D eigenvalue weighted by atomic mass is 10.1. The molecule has 18 heavy (non-hydrogen) atoms. The average molecular weight is 282 g/mol. The van der Waals surface area contributed by atoms with E-state index in [4.69, 9.17) is 19.3 Å². The van der Waals surface area contributed by atoms with Crippen LogP contribution in [0.15, 0.2) is 0 Å². The fourth-order valence-electron chi connectivity index (χ4n) is 1.92. The Balaban J connectivity index is 1.92. The standard InChI is InChI=1S/C11H23O6P/c1-11(2)15-9-10(17-11)7-5-3-4-6-8-16-18(12,13)14/h10H,3-9H2,1-2H3,(H2,12,13,14). The first kappa shape index (κ1) is 16.1. The van der Waals surface area contributed by atoms with Crippen molar-refractivity contribution in [2.24, 2.45) is 0 Å². The van der Waals surface area contributed by atoms with Crippen LogP contribution in [0.1, 0.15) is 46.0 Å². The minimum atomic E-state index is -4.29. The zero-order valence-electron chi connectivity index (χ0n) is 11.0. The quantitative estimate of drug-likeness (QED) is 0.524. The summed E-state index contributed by atoms with van der Waals surface area (Å²) < 4.78 is 25.9. The van der Waals surface area contributed by atoms with Gasteiger partial charge in [0.05, 0.1) is 19.3 Å². The summed E-state index contributed by atoms with van der Waals surface area (Å²) in [5.74, 6) is -0.456. The lowest BCUT2D eigenvalue weighted by molar-refractivity contribution is -0.139. The first-order valence-corrected chi connectivity index (χ1v) is 7.83. The third-order valence-electron chi connectivity index (χ3n) is 2.75. The Bertz CT molecular complexity index is 287. The molecule has 1 aliphatic rings. The van der Waals surface area contributed by atoms with E-state index in [2.05, 4.69) is 4.52 Å². The van der Waals surface area contributed by atoms with Gasteiger partial charge in [0, 0.05) is 0 Å². The predicted octanol–water partition coefficient (Wildman–Crippen LogP) is 2.20. The molecular formula is C11H23O6P. The highest BCUT2D eigenvalue weighted by atomic mass is 31.2. The Morgan fingerprint density at radius 1 is 1.28 bits per heavy atom. The molecule has 1 atom stereocenters. The Morgan fingerprint density at radius 2 is 1.94 bits per heavy atom. The Hall–Kier alpha value is 0.0300. The summed E-state index contributed by atoms with van der Waals surface area (Å²) in [6.07, 6.45) is 4.73. The van der Waals surface area contributed by atoms with Crippen molar-refractivity contribution in [3.8, 4) is 0 Å². The van der Waals surface area contributed by atoms with Gasteiger partial charge in [-0.2, -0.15) is 0 Å². The fourth-order valence-corrected chi connectivity index (χ4v) is 2.28. The molecular weight excluding hydrogens is 259 g/mol. The summed E-state index contributed by atoms with van der Waals surface area (Å²) in [4.78, 5) is 16.9. The van der Waals surface area contributed by atoms with Gasteiger partial charge in [-0.25, -0.2) is 4.57 Å². The summed E-state index contributed by atoms with van der Waals surface area (Å²) in [5, 5.41) is 0. The Morgan fingerprint density at radius 3 is 2.50 bits per heavy atom. The topological polar surface area (TPSA) is 85.2 Å². The van der Waals surface area contributed by atoms with Crippen LogP contribution in [0.25, 0.3) is 0 Å². The number of phosphoric acid groups is 1. The van der Waals surface area contributed by atoms with E-state index in [1.807, 2.05) is 13.8 Å². The van der Waals surface area contributed by atoms with Crippen LogP contribution >= 0.6 is 7.82 Å². The molecule has 1 fully saturated rings. The second kappa shape index (κ2) is 6.98. The molecule has 0 aromatic rings. The molecule has 0 aliphatic carbocycles. The lowest BCUT2D eigenvalue weighted by Gasteiger charge is -2.16. The van der Waals surface area contributed by atoms with Crippen LogP contribution in [0.3, 0.4) is 0 Å². The molecule has 0 amide bonds. The van der Waals surface area contributed by atoms with Gasteiger partial charge in [-0.15, -0.1) is 0 Å². The second-order valence-electron chi connectivity index (χ2n) is 4.98. The van der Waals surface area contributed by atoms with E-state index in [9.17, 15) is 4.57 Å². The van der Waals surface area contributed by atoms with E-state index in [-0.39, 0.29) is 12.7 Å². The molecule has 0 aromatic heterocycles. The summed E-state index contributed by atoms with van der Waals surface area (Å²) in [7, 11) is -4.29. The van der Waals surface area contributed by atoms with E-state index in [0.717, 1.165) is 25.7 Å². The molecule has 0 bridgehead atoms. The zero-order valence-corrected chi connectivity index (χ0v) is 11.9. The van der Waals surface area contributed by atoms with Crippen LogP contribution in [0, 0.1) is 0 Å². The highest BCUT2D eigenvalue weighted by Gasteiger charge is 2.31. The maximum atomic E-state index is 10.4. The monoisotopic (exact) mass is 282 g/mol. The van der Waals surface area contributed by atoms with Crippen molar-refractivity contribution in [1.82, 2.24) is 0 Å². The average Bonchev–Trinajstić information content (AvgIpc) is 2.55. The van der Waals surface area contributed by atoms with Gasteiger partial charge >= 0.3 is 7.82 Å². The molecule has 0 radical (unpaired) electrons. The van der Waals surface area contributed by atoms with Crippen LogP contribution < -0.4 is 0 Å². The van der Waals surface area contributed by atoms with E-state index < -0.39 is 13.6 Å². The maximum absolute atomic E-state index is 10.4. The predicted molar refractivity (Wildman–Crippen MR) is 66.0 cm³/mol. The Kier molecular flexibility index (Phi) is 6.24. The molecule has 1 rings (SSSR count). The van der Waals surface area contributed by atoms with Gasteiger partial charge in [0.15, 0.2) is 5.79 Å². The molecule has 1 unspecified atom stereocenters. The van der Waals surface area contributed by atoms with Crippen LogP contribution in [0.5, 0.6) is 0 Å². The summed E-state index contributed by atoms with van der Waals surface area (Å²) >= 11 is 0. The lowest BCUT2D eigenvalue weighted by Crippen LogP contribution is -2.21. The number of phosphoric ester groups is 1. The van der Waals surface area contributed by atoms with Gasteiger partial charge in [0.2, 0.25) is 0 Å². The number of rotatable bonds is 8. The van der Waals surface area contributed by atoms with E-state index >= 15 is 0 Å². The van der Waals surface area contributed by atoms with E-state index in [1.54, 1.807) is 0 Å². The summed E-state index contributed by atoms with van der Waals surface area (Å²) in [5.41, 5.74) is 0. The first-order valence-electron chi connectivity index (χ1n) is 6.30. The van der Waals surface area contributed by atoms with Crippen LogP contribution in [-0.4, -0.2) is 34.9 Å². The molecule has 1 saturated heterocycles. The van der Waals surface area contributed by atoms with Gasteiger partial charge in [0.1, 0.15) is 0 Å². The molecule has 108 valence electrons. The van der Waals surface area contributed by atoms with Gasteiger partial charge in [-0.05, 0) is 26.7 Å². The molecule has 0 saturated carbocycles. The van der Waals surface area contributed by atoms with Gasteiger partial charge in [-0.1, -0.05) is 19.3 Å². The SMILES string of the molecule is CC1(C)OCC(CCCCCCOP(=O)(O)O)O1. The van der Waals surface area contributed by atoms with E-state index in [1.165, 1.54) is 0 Å². The first-order chi connectivity index (χ1) is 8.29. The van der Waals surface area contributed by atoms with Crippen LogP contribution in [0.4, 0.5) is 0 Å². The van der Waals surface area contributed by atoms with Crippen molar-refractivity contribution >= 4 is 7.82 Å². The van der Waals surface area contributed by atoms with Gasteiger partial charge in [0.25, 0.3) is 0 Å². The number of ether oxygens (including phenoxy) is 2. The third kappa shape index (κ3) is 7.46. The normalized spacial score (nSPS) is 23.4. The van der Waals surface area contributed by atoms with Crippen molar-refractivity contribution in [1.29, 1.82) is 0 Å². The van der Waals surface area contributed by atoms with Gasteiger partial charge < -0.3 is 19.3 Å². The van der Waals surface area contributed by atoms with Crippen molar-refractivity contribution < 1.29 is 28.3 Å². The molecule has 1 aliphatic heterocycles. The van der Waals surface area contributed by atoms with Crippen LogP contribution in [0.2, 0.25) is 0 Å². The molecule has 0 aromatic carbocycles. The number of hydrogen-bond acceptors (Lipinski definition) is 4. The third-order valence-corrected chi connectivity index (χ3v) is 3.27. The molecule has 7 heteroatoms. The largest absolute Gasteiger partial charge is 0.469 e. The zero-order chi connectivity index (χ0) is 13.6. The van der Waals surface area contributed by atoms with Crippen molar-refractivity contribution in [2.45, 2.75) is 57.8 Å². The summed E-state index contributed by atoms with van der Waals surface area (Å²) in [6.45, 7) is 4.58. The molecule has 1 heterocycles. The van der Waals surface area contributed by atoms with Crippen molar-refractivity contribution in [2.75, 3.05) is 13.2 Å².